The van der Waals surface area contributed by atoms with E-state index >= 15 is 0 Å². The summed E-state index contributed by atoms with van der Waals surface area (Å²) >= 11 is 18.6. The van der Waals surface area contributed by atoms with Gasteiger partial charge in [0.2, 0.25) is 0 Å². The lowest BCUT2D eigenvalue weighted by Gasteiger charge is -2.17. The van der Waals surface area contributed by atoms with Gasteiger partial charge in [-0.15, -0.1) is 0 Å². The molecule has 4 rings (SSSR count). The summed E-state index contributed by atoms with van der Waals surface area (Å²) in [5.74, 6) is -1.41. The summed E-state index contributed by atoms with van der Waals surface area (Å²) < 4.78 is 32.5. The van der Waals surface area contributed by atoms with Gasteiger partial charge < -0.3 is 10.1 Å². The first kappa shape index (κ1) is 23.2. The molecule has 3 aromatic carbocycles. The van der Waals surface area contributed by atoms with E-state index in [-0.39, 0.29) is 12.6 Å². The fourth-order valence-corrected chi connectivity index (χ4v) is 3.85. The van der Waals surface area contributed by atoms with Crippen LogP contribution in [0.25, 0.3) is 22.4 Å². The maximum atomic E-state index is 13.5. The molecule has 0 unspecified atom stereocenters. The van der Waals surface area contributed by atoms with Gasteiger partial charge in [0.15, 0.2) is 11.6 Å². The molecule has 4 aromatic rings. The largest absolute Gasteiger partial charge is 0.459 e. The minimum Gasteiger partial charge on any atom is -0.459 e. The van der Waals surface area contributed by atoms with Crippen LogP contribution in [0, 0.1) is 11.6 Å². The smallest absolute Gasteiger partial charge is 0.319 e. The number of hydrogen-bond acceptors (Lipinski definition) is 4. The van der Waals surface area contributed by atoms with Crippen LogP contribution in [0.2, 0.25) is 15.1 Å². The molecular weight excluding hydrogens is 491 g/mol. The Balaban J connectivity index is 1.82. The van der Waals surface area contributed by atoms with Crippen molar-refractivity contribution < 1.29 is 13.5 Å². The van der Waals surface area contributed by atoms with Crippen LogP contribution in [-0.4, -0.2) is 17.0 Å². The molecule has 0 saturated carbocycles. The number of ether oxygens (including phenoxy) is 1. The van der Waals surface area contributed by atoms with E-state index in [9.17, 15) is 8.78 Å². The molecule has 0 fully saturated rings. The third kappa shape index (κ3) is 5.19. The Morgan fingerprint density at radius 2 is 1.58 bits per heavy atom. The zero-order chi connectivity index (χ0) is 23.5. The minimum atomic E-state index is -0.959. The third-order valence-corrected chi connectivity index (χ3v) is 5.60. The van der Waals surface area contributed by atoms with Crippen LogP contribution in [0.3, 0.4) is 0 Å². The van der Waals surface area contributed by atoms with Crippen LogP contribution < -0.4 is 10.1 Å². The summed E-state index contributed by atoms with van der Waals surface area (Å²) in [5.41, 5.74) is 3.02. The van der Waals surface area contributed by atoms with Crippen LogP contribution in [0.1, 0.15) is 5.56 Å². The Morgan fingerprint density at radius 3 is 2.24 bits per heavy atom. The Kier molecular flexibility index (Phi) is 6.98. The molecule has 0 radical (unpaired) electrons. The van der Waals surface area contributed by atoms with E-state index in [1.54, 1.807) is 37.4 Å². The molecule has 0 bridgehead atoms. The molecule has 0 amide bonds. The maximum absolute atomic E-state index is 13.5. The highest BCUT2D eigenvalue weighted by Crippen LogP contribution is 2.40. The second-order valence-corrected chi connectivity index (χ2v) is 8.28. The predicted molar refractivity (Wildman–Crippen MR) is 128 cm³/mol. The van der Waals surface area contributed by atoms with Crippen LogP contribution >= 0.6 is 34.8 Å². The van der Waals surface area contributed by atoms with Gasteiger partial charge in [0.1, 0.15) is 12.4 Å². The SMILES string of the molecule is CNc1nc(OCc2ccc(F)c(F)c2)nc(-c2ccc(Cl)cc2Cl)c1-c1ccc(Cl)cc1. The number of aromatic nitrogens is 2. The second kappa shape index (κ2) is 9.91. The first-order chi connectivity index (χ1) is 15.9. The number of benzene rings is 3. The van der Waals surface area contributed by atoms with Crippen molar-refractivity contribution in [1.29, 1.82) is 0 Å². The monoisotopic (exact) mass is 505 g/mol. The average molecular weight is 507 g/mol. The van der Waals surface area contributed by atoms with Gasteiger partial charge in [0.25, 0.3) is 0 Å². The fourth-order valence-electron chi connectivity index (χ4n) is 3.23. The minimum absolute atomic E-state index is 0.0304. The topological polar surface area (TPSA) is 47.0 Å². The lowest BCUT2D eigenvalue weighted by Crippen LogP contribution is -2.06. The van der Waals surface area contributed by atoms with Gasteiger partial charge in [-0.1, -0.05) is 53.0 Å². The zero-order valence-corrected chi connectivity index (χ0v) is 19.4. The van der Waals surface area contributed by atoms with Crippen LogP contribution in [-0.2, 0) is 6.61 Å². The molecule has 1 N–H and O–H groups in total. The highest BCUT2D eigenvalue weighted by atomic mass is 35.5. The van der Waals surface area contributed by atoms with Gasteiger partial charge >= 0.3 is 6.01 Å². The molecule has 0 saturated heterocycles. The summed E-state index contributed by atoms with van der Waals surface area (Å²) in [6, 6.07) is 15.8. The van der Waals surface area contributed by atoms with E-state index in [1.165, 1.54) is 6.07 Å². The molecular formula is C24H16Cl3F2N3O. The van der Waals surface area contributed by atoms with Crippen molar-refractivity contribution in [3.63, 3.8) is 0 Å². The Labute approximate surface area is 204 Å². The molecule has 0 atom stereocenters. The maximum Gasteiger partial charge on any atom is 0.319 e. The van der Waals surface area contributed by atoms with Gasteiger partial charge in [-0.2, -0.15) is 9.97 Å². The second-order valence-electron chi connectivity index (χ2n) is 7.00. The van der Waals surface area contributed by atoms with E-state index < -0.39 is 11.6 Å². The van der Waals surface area contributed by atoms with Crippen LogP contribution in [0.5, 0.6) is 6.01 Å². The van der Waals surface area contributed by atoms with Crippen molar-refractivity contribution in [2.75, 3.05) is 12.4 Å². The average Bonchev–Trinajstić information content (AvgIpc) is 2.80. The first-order valence-electron chi connectivity index (χ1n) is 9.73. The van der Waals surface area contributed by atoms with Crippen molar-refractivity contribution in [3.05, 3.63) is 92.9 Å². The van der Waals surface area contributed by atoms with E-state index in [2.05, 4.69) is 15.3 Å². The highest BCUT2D eigenvalue weighted by Gasteiger charge is 2.20. The normalized spacial score (nSPS) is 10.8. The van der Waals surface area contributed by atoms with E-state index in [0.717, 1.165) is 17.7 Å². The highest BCUT2D eigenvalue weighted by molar-refractivity contribution is 6.36. The summed E-state index contributed by atoms with van der Waals surface area (Å²) in [7, 11) is 1.72. The van der Waals surface area contributed by atoms with Gasteiger partial charge in [-0.25, -0.2) is 8.78 Å². The standard InChI is InChI=1S/C24H16Cl3F2N3O/c1-30-23-21(14-3-5-15(25)6-4-14)22(17-8-7-16(26)11-18(17)27)31-24(32-23)33-12-13-2-9-19(28)20(29)10-13/h2-11H,12H2,1H3,(H,30,31,32). The summed E-state index contributed by atoms with van der Waals surface area (Å²) in [6.45, 7) is -0.0611. The van der Waals surface area contributed by atoms with E-state index in [1.807, 2.05) is 12.1 Å². The van der Waals surface area contributed by atoms with Crippen molar-refractivity contribution in [1.82, 2.24) is 9.97 Å². The Morgan fingerprint density at radius 1 is 0.848 bits per heavy atom. The van der Waals surface area contributed by atoms with Crippen molar-refractivity contribution in [2.45, 2.75) is 6.61 Å². The van der Waals surface area contributed by atoms with Crippen LogP contribution in [0.4, 0.5) is 14.6 Å². The summed E-state index contributed by atoms with van der Waals surface area (Å²) in [5, 5.41) is 4.52. The number of nitrogens with zero attached hydrogens (tertiary/aromatic N) is 2. The number of anilines is 1. The van der Waals surface area contributed by atoms with Gasteiger partial charge in [-0.05, 0) is 53.6 Å². The molecule has 168 valence electrons. The number of rotatable bonds is 6. The summed E-state index contributed by atoms with van der Waals surface area (Å²) in [6.07, 6.45) is 0. The van der Waals surface area contributed by atoms with Gasteiger partial charge in [0.05, 0.1) is 16.3 Å². The van der Waals surface area contributed by atoms with E-state index in [0.29, 0.717) is 43.3 Å². The van der Waals surface area contributed by atoms with Crippen molar-refractivity contribution in [3.8, 4) is 28.4 Å². The molecule has 0 aliphatic carbocycles. The molecule has 9 heteroatoms. The molecule has 0 spiro atoms. The van der Waals surface area contributed by atoms with Gasteiger partial charge in [0, 0.05) is 22.7 Å². The molecule has 1 aromatic heterocycles. The van der Waals surface area contributed by atoms with Crippen LogP contribution in [0.15, 0.2) is 60.7 Å². The number of hydrogen-bond donors (Lipinski definition) is 1. The molecule has 1 heterocycles. The third-order valence-electron chi connectivity index (χ3n) is 4.80. The fraction of sp³-hybridized carbons (Fsp3) is 0.0833. The number of nitrogens with one attached hydrogen (secondary N) is 1. The first-order valence-corrected chi connectivity index (χ1v) is 10.9. The lowest BCUT2D eigenvalue weighted by molar-refractivity contribution is 0.280. The van der Waals surface area contributed by atoms with Crippen molar-refractivity contribution in [2.24, 2.45) is 0 Å². The lowest BCUT2D eigenvalue weighted by atomic mass is 9.99. The Bertz CT molecular complexity index is 1320. The quantitative estimate of drug-likeness (QED) is 0.291. The molecule has 0 aliphatic heterocycles. The zero-order valence-electron chi connectivity index (χ0n) is 17.2. The summed E-state index contributed by atoms with van der Waals surface area (Å²) in [4.78, 5) is 9.06. The molecule has 33 heavy (non-hydrogen) atoms. The predicted octanol–water partition coefficient (Wildman–Crippen LogP) is 7.67. The van der Waals surface area contributed by atoms with E-state index in [4.69, 9.17) is 39.5 Å². The number of halogens is 5. The van der Waals surface area contributed by atoms with Crippen molar-refractivity contribution >= 4 is 40.6 Å². The molecule has 4 nitrogen and oxygen atoms in total. The van der Waals surface area contributed by atoms with Gasteiger partial charge in [-0.3, -0.25) is 0 Å². The Hall–Kier alpha value is -2.93. The molecule has 0 aliphatic rings.